The molecule has 3 aromatic rings. The standard InChI is InChI=1S/C21H18F4N2O3/c1-10(19(26)28)18-11(2)27(16-9-15(22)17(30-3)8-14(16)18)20(29)12-4-6-13(7-5-12)21(23,24)25/h4-10H,1-3H3,(H2,26,28). The summed E-state index contributed by atoms with van der Waals surface area (Å²) >= 11 is 0. The van der Waals surface area contributed by atoms with Crippen LogP contribution >= 0.6 is 0 Å². The highest BCUT2D eigenvalue weighted by Gasteiger charge is 2.31. The average molecular weight is 422 g/mol. The first-order chi connectivity index (χ1) is 14.0. The summed E-state index contributed by atoms with van der Waals surface area (Å²) in [4.78, 5) is 24.9. The van der Waals surface area contributed by atoms with Crippen molar-refractivity contribution >= 4 is 22.7 Å². The van der Waals surface area contributed by atoms with Crippen LogP contribution < -0.4 is 10.5 Å². The Balaban J connectivity index is 2.25. The van der Waals surface area contributed by atoms with Crippen molar-refractivity contribution in [3.05, 3.63) is 64.6 Å². The maximum absolute atomic E-state index is 14.4. The molecule has 5 nitrogen and oxygen atoms in total. The van der Waals surface area contributed by atoms with Gasteiger partial charge in [0.15, 0.2) is 11.6 Å². The van der Waals surface area contributed by atoms with Crippen LogP contribution in [0.5, 0.6) is 5.75 Å². The number of carbonyl (C=O) groups excluding carboxylic acids is 2. The Labute approximate surface area is 169 Å². The lowest BCUT2D eigenvalue weighted by Gasteiger charge is -2.11. The summed E-state index contributed by atoms with van der Waals surface area (Å²) in [5, 5.41) is 0.386. The van der Waals surface area contributed by atoms with Crippen molar-refractivity contribution in [1.29, 1.82) is 0 Å². The van der Waals surface area contributed by atoms with E-state index in [0.717, 1.165) is 34.9 Å². The number of carbonyl (C=O) groups is 2. The SMILES string of the molecule is COc1cc2c(C(C)C(N)=O)c(C)n(C(=O)c3ccc(C(F)(F)F)cc3)c2cc1F. The zero-order chi connectivity index (χ0) is 22.4. The van der Waals surface area contributed by atoms with Gasteiger partial charge in [0.2, 0.25) is 5.91 Å². The molecule has 0 aliphatic heterocycles. The van der Waals surface area contributed by atoms with Gasteiger partial charge in [-0.1, -0.05) is 0 Å². The first kappa shape index (κ1) is 21.4. The van der Waals surface area contributed by atoms with E-state index in [9.17, 15) is 27.2 Å². The lowest BCUT2D eigenvalue weighted by molar-refractivity contribution is -0.137. The smallest absolute Gasteiger partial charge is 0.416 e. The van der Waals surface area contributed by atoms with E-state index in [4.69, 9.17) is 10.5 Å². The van der Waals surface area contributed by atoms with E-state index in [1.807, 2.05) is 0 Å². The van der Waals surface area contributed by atoms with Gasteiger partial charge < -0.3 is 10.5 Å². The minimum absolute atomic E-state index is 0.0301. The fourth-order valence-electron chi connectivity index (χ4n) is 3.48. The summed E-state index contributed by atoms with van der Waals surface area (Å²) in [7, 11) is 1.28. The van der Waals surface area contributed by atoms with Crippen molar-refractivity contribution in [3.63, 3.8) is 0 Å². The zero-order valence-electron chi connectivity index (χ0n) is 16.3. The number of alkyl halides is 3. The van der Waals surface area contributed by atoms with Gasteiger partial charge in [0.1, 0.15) is 0 Å². The first-order valence-electron chi connectivity index (χ1n) is 8.87. The number of hydrogen-bond donors (Lipinski definition) is 1. The van der Waals surface area contributed by atoms with Gasteiger partial charge >= 0.3 is 6.18 Å². The molecule has 0 aliphatic rings. The highest BCUT2D eigenvalue weighted by Crippen LogP contribution is 2.36. The molecule has 9 heteroatoms. The number of fused-ring (bicyclic) bond motifs is 1. The Morgan fingerprint density at radius 2 is 1.73 bits per heavy atom. The zero-order valence-corrected chi connectivity index (χ0v) is 16.3. The van der Waals surface area contributed by atoms with E-state index in [1.165, 1.54) is 13.2 Å². The number of methoxy groups -OCH3 is 1. The van der Waals surface area contributed by atoms with Crippen LogP contribution in [0.15, 0.2) is 36.4 Å². The summed E-state index contributed by atoms with van der Waals surface area (Å²) in [6, 6.07) is 6.14. The molecule has 158 valence electrons. The van der Waals surface area contributed by atoms with Crippen LogP contribution in [0.4, 0.5) is 17.6 Å². The first-order valence-corrected chi connectivity index (χ1v) is 8.87. The quantitative estimate of drug-likeness (QED) is 0.634. The molecule has 1 aromatic heterocycles. The van der Waals surface area contributed by atoms with Crippen molar-refractivity contribution in [3.8, 4) is 5.75 Å². The highest BCUT2D eigenvalue weighted by atomic mass is 19.4. The van der Waals surface area contributed by atoms with Crippen LogP contribution in [0.3, 0.4) is 0 Å². The van der Waals surface area contributed by atoms with E-state index < -0.39 is 35.3 Å². The van der Waals surface area contributed by atoms with Crippen molar-refractivity contribution in [2.45, 2.75) is 25.9 Å². The molecule has 0 bridgehead atoms. The maximum atomic E-state index is 14.4. The number of aromatic nitrogens is 1. The van der Waals surface area contributed by atoms with Crippen molar-refractivity contribution in [2.75, 3.05) is 7.11 Å². The second-order valence-electron chi connectivity index (χ2n) is 6.84. The summed E-state index contributed by atoms with van der Waals surface area (Å²) < 4.78 is 59.0. The molecule has 0 saturated carbocycles. The molecule has 2 aromatic carbocycles. The molecule has 1 atom stereocenters. The molecule has 1 unspecified atom stereocenters. The largest absolute Gasteiger partial charge is 0.494 e. The second kappa shape index (κ2) is 7.47. The lowest BCUT2D eigenvalue weighted by atomic mass is 9.97. The minimum atomic E-state index is -4.54. The molecule has 2 N–H and O–H groups in total. The van der Waals surface area contributed by atoms with Crippen LogP contribution in [0, 0.1) is 12.7 Å². The Morgan fingerprint density at radius 1 is 1.13 bits per heavy atom. The predicted octanol–water partition coefficient (Wildman–Crippen LogP) is 4.39. The molecule has 0 radical (unpaired) electrons. The molecular weight excluding hydrogens is 404 g/mol. The average Bonchev–Trinajstić information content (AvgIpc) is 2.96. The van der Waals surface area contributed by atoms with Crippen LogP contribution in [-0.4, -0.2) is 23.5 Å². The predicted molar refractivity (Wildman–Crippen MR) is 102 cm³/mol. The fourth-order valence-corrected chi connectivity index (χ4v) is 3.48. The summed E-state index contributed by atoms with van der Waals surface area (Å²) in [5.41, 5.74) is 5.40. The number of rotatable bonds is 4. The number of halogens is 4. The molecule has 0 spiro atoms. The number of ether oxygens (including phenoxy) is 1. The minimum Gasteiger partial charge on any atom is -0.494 e. The van der Waals surface area contributed by atoms with Crippen LogP contribution in [0.2, 0.25) is 0 Å². The maximum Gasteiger partial charge on any atom is 0.416 e. The van der Waals surface area contributed by atoms with Crippen molar-refractivity contribution in [1.82, 2.24) is 4.57 Å². The fraction of sp³-hybridized carbons (Fsp3) is 0.238. The molecule has 30 heavy (non-hydrogen) atoms. The van der Waals surface area contributed by atoms with Crippen molar-refractivity contribution < 1.29 is 31.9 Å². The van der Waals surface area contributed by atoms with Gasteiger partial charge in [-0.2, -0.15) is 13.2 Å². The third-order valence-corrected chi connectivity index (χ3v) is 5.05. The van der Waals surface area contributed by atoms with E-state index >= 15 is 0 Å². The molecule has 0 fully saturated rings. The summed E-state index contributed by atoms with van der Waals surface area (Å²) in [5.74, 6) is -2.94. The second-order valence-corrected chi connectivity index (χ2v) is 6.84. The van der Waals surface area contributed by atoms with Gasteiger partial charge in [0.25, 0.3) is 5.91 Å². The number of nitrogens with two attached hydrogens (primary N) is 1. The Kier molecular flexibility index (Phi) is 5.32. The molecular formula is C21H18F4N2O3. The van der Waals surface area contributed by atoms with Gasteiger partial charge in [-0.25, -0.2) is 4.39 Å². The Morgan fingerprint density at radius 3 is 2.23 bits per heavy atom. The molecule has 0 aliphatic carbocycles. The number of nitrogens with zero attached hydrogens (tertiary/aromatic N) is 1. The van der Waals surface area contributed by atoms with Crippen LogP contribution in [0.1, 0.15) is 40.0 Å². The number of amides is 1. The molecule has 1 amide bonds. The third-order valence-electron chi connectivity index (χ3n) is 5.05. The lowest BCUT2D eigenvalue weighted by Crippen LogP contribution is -2.20. The number of hydrogen-bond acceptors (Lipinski definition) is 3. The third kappa shape index (κ3) is 3.51. The highest BCUT2D eigenvalue weighted by molar-refractivity contribution is 6.05. The molecule has 3 rings (SSSR count). The van der Waals surface area contributed by atoms with Gasteiger partial charge in [-0.15, -0.1) is 0 Å². The summed E-state index contributed by atoms with van der Waals surface area (Å²) in [6.07, 6.45) is -4.54. The van der Waals surface area contributed by atoms with Crippen LogP contribution in [0.25, 0.3) is 10.9 Å². The monoisotopic (exact) mass is 422 g/mol. The van der Waals surface area contributed by atoms with Gasteiger partial charge in [0.05, 0.1) is 24.1 Å². The van der Waals surface area contributed by atoms with E-state index in [1.54, 1.807) is 13.8 Å². The van der Waals surface area contributed by atoms with Gasteiger partial charge in [-0.3, -0.25) is 14.2 Å². The van der Waals surface area contributed by atoms with E-state index in [2.05, 4.69) is 0 Å². The summed E-state index contributed by atoms with van der Waals surface area (Å²) in [6.45, 7) is 3.11. The van der Waals surface area contributed by atoms with Crippen LogP contribution in [-0.2, 0) is 11.0 Å². The molecule has 1 heterocycles. The normalized spacial score (nSPS) is 12.8. The Bertz CT molecular complexity index is 1150. The van der Waals surface area contributed by atoms with E-state index in [-0.39, 0.29) is 16.8 Å². The number of primary amides is 1. The van der Waals surface area contributed by atoms with E-state index in [0.29, 0.717) is 16.6 Å². The Hall–Kier alpha value is -3.36. The van der Waals surface area contributed by atoms with Crippen molar-refractivity contribution in [2.24, 2.45) is 5.73 Å². The van der Waals surface area contributed by atoms with Gasteiger partial charge in [-0.05, 0) is 49.7 Å². The topological polar surface area (TPSA) is 74.3 Å². The van der Waals surface area contributed by atoms with Gasteiger partial charge in [0, 0.05) is 22.7 Å². The number of benzene rings is 2. The molecule has 0 saturated heterocycles.